The summed E-state index contributed by atoms with van der Waals surface area (Å²) in [5, 5.41) is 6.66. The topological polar surface area (TPSA) is 87.9 Å². The summed E-state index contributed by atoms with van der Waals surface area (Å²) < 4.78 is 10.4. The molecule has 1 aliphatic heterocycles. The third kappa shape index (κ3) is 4.51. The molecule has 1 aliphatic rings. The van der Waals surface area contributed by atoms with Crippen LogP contribution >= 0.6 is 0 Å². The molecule has 3 rings (SSSR count). The van der Waals surface area contributed by atoms with Crippen molar-refractivity contribution in [3.8, 4) is 0 Å². The lowest BCUT2D eigenvalue weighted by molar-refractivity contribution is -0.116. The van der Waals surface area contributed by atoms with Crippen molar-refractivity contribution < 1.29 is 18.8 Å². The number of nitrogens with one attached hydrogen (secondary N) is 1. The maximum atomic E-state index is 12.7. The molecule has 1 N–H and O–H groups in total. The van der Waals surface area contributed by atoms with Crippen LogP contribution in [0.25, 0.3) is 0 Å². The number of anilines is 2. The molecule has 28 heavy (non-hydrogen) atoms. The number of morpholine rings is 1. The summed E-state index contributed by atoms with van der Waals surface area (Å²) in [5.41, 5.74) is 2.75. The SMILES string of the molecule is CCN(CC(=O)Nc1ccc(N2CCOCC2)cc1)C(=O)c1c(C)noc1C. The summed E-state index contributed by atoms with van der Waals surface area (Å²) >= 11 is 0. The maximum absolute atomic E-state index is 12.7. The quantitative estimate of drug-likeness (QED) is 0.819. The van der Waals surface area contributed by atoms with Gasteiger partial charge in [-0.2, -0.15) is 0 Å². The van der Waals surface area contributed by atoms with Crippen molar-refractivity contribution in [1.29, 1.82) is 0 Å². The molecule has 1 aromatic carbocycles. The highest BCUT2D eigenvalue weighted by Crippen LogP contribution is 2.19. The molecule has 1 saturated heterocycles. The van der Waals surface area contributed by atoms with Crippen LogP contribution in [0.3, 0.4) is 0 Å². The Morgan fingerprint density at radius 1 is 1.18 bits per heavy atom. The van der Waals surface area contributed by atoms with E-state index in [0.29, 0.717) is 29.2 Å². The second kappa shape index (κ2) is 8.88. The van der Waals surface area contributed by atoms with Crippen LogP contribution in [0.2, 0.25) is 0 Å². The second-order valence-corrected chi connectivity index (χ2v) is 6.71. The van der Waals surface area contributed by atoms with Gasteiger partial charge >= 0.3 is 0 Å². The predicted molar refractivity (Wildman–Crippen MR) is 106 cm³/mol. The molecule has 8 heteroatoms. The molecule has 0 spiro atoms. The largest absolute Gasteiger partial charge is 0.378 e. The van der Waals surface area contributed by atoms with E-state index in [2.05, 4.69) is 15.4 Å². The zero-order valence-corrected chi connectivity index (χ0v) is 16.5. The highest BCUT2D eigenvalue weighted by molar-refractivity contribution is 6.00. The van der Waals surface area contributed by atoms with Gasteiger partial charge in [-0.3, -0.25) is 9.59 Å². The van der Waals surface area contributed by atoms with Crippen LogP contribution in [0.1, 0.15) is 28.7 Å². The fraction of sp³-hybridized carbons (Fsp3) is 0.450. The van der Waals surface area contributed by atoms with Gasteiger partial charge in [0.25, 0.3) is 5.91 Å². The van der Waals surface area contributed by atoms with Gasteiger partial charge in [-0.1, -0.05) is 5.16 Å². The normalized spacial score (nSPS) is 14.0. The van der Waals surface area contributed by atoms with Gasteiger partial charge in [-0.05, 0) is 45.0 Å². The number of benzene rings is 1. The van der Waals surface area contributed by atoms with Crippen LogP contribution in [0.15, 0.2) is 28.8 Å². The number of hydrogen-bond donors (Lipinski definition) is 1. The number of nitrogens with zero attached hydrogens (tertiary/aromatic N) is 3. The third-order valence-electron chi connectivity index (χ3n) is 4.78. The number of likely N-dealkylation sites (N-methyl/N-ethyl adjacent to an activating group) is 1. The second-order valence-electron chi connectivity index (χ2n) is 6.71. The minimum Gasteiger partial charge on any atom is -0.378 e. The standard InChI is InChI=1S/C20H26N4O4/c1-4-23(20(26)19-14(2)22-28-15(19)3)13-18(25)21-16-5-7-17(8-6-16)24-9-11-27-12-10-24/h5-8H,4,9-13H2,1-3H3,(H,21,25). The van der Waals surface area contributed by atoms with E-state index in [1.54, 1.807) is 13.8 Å². The van der Waals surface area contributed by atoms with E-state index in [9.17, 15) is 9.59 Å². The summed E-state index contributed by atoms with van der Waals surface area (Å²) in [6, 6.07) is 7.70. The monoisotopic (exact) mass is 386 g/mol. The van der Waals surface area contributed by atoms with Gasteiger partial charge in [0.05, 0.1) is 18.9 Å². The number of carbonyl (C=O) groups excluding carboxylic acids is 2. The van der Waals surface area contributed by atoms with Crippen molar-refractivity contribution in [1.82, 2.24) is 10.1 Å². The Kier molecular flexibility index (Phi) is 6.30. The van der Waals surface area contributed by atoms with Gasteiger partial charge in [0.2, 0.25) is 5.91 Å². The Labute approximate surface area is 164 Å². The summed E-state index contributed by atoms with van der Waals surface area (Å²) in [5.74, 6) is -0.0438. The van der Waals surface area contributed by atoms with Crippen molar-refractivity contribution in [2.45, 2.75) is 20.8 Å². The summed E-state index contributed by atoms with van der Waals surface area (Å²) in [6.45, 7) is 8.79. The van der Waals surface area contributed by atoms with E-state index in [4.69, 9.17) is 9.26 Å². The molecular formula is C20H26N4O4. The van der Waals surface area contributed by atoms with Crippen LogP contribution in [-0.2, 0) is 9.53 Å². The Morgan fingerprint density at radius 2 is 1.86 bits per heavy atom. The molecule has 1 fully saturated rings. The van der Waals surface area contributed by atoms with Gasteiger partial charge in [0, 0.05) is 31.0 Å². The predicted octanol–water partition coefficient (Wildman–Crippen LogP) is 2.23. The Bertz CT molecular complexity index is 806. The molecule has 1 aromatic heterocycles. The molecule has 8 nitrogen and oxygen atoms in total. The molecule has 0 unspecified atom stereocenters. The molecule has 0 radical (unpaired) electrons. The molecule has 0 saturated carbocycles. The first kappa shape index (κ1) is 19.9. The highest BCUT2D eigenvalue weighted by Gasteiger charge is 2.24. The van der Waals surface area contributed by atoms with E-state index >= 15 is 0 Å². The third-order valence-corrected chi connectivity index (χ3v) is 4.78. The molecule has 0 aliphatic carbocycles. The van der Waals surface area contributed by atoms with E-state index in [0.717, 1.165) is 32.0 Å². The smallest absolute Gasteiger partial charge is 0.259 e. The van der Waals surface area contributed by atoms with E-state index in [-0.39, 0.29) is 18.4 Å². The van der Waals surface area contributed by atoms with Gasteiger partial charge in [-0.15, -0.1) is 0 Å². The Morgan fingerprint density at radius 3 is 2.43 bits per heavy atom. The van der Waals surface area contributed by atoms with Crippen molar-refractivity contribution in [3.63, 3.8) is 0 Å². The minimum atomic E-state index is -0.253. The van der Waals surface area contributed by atoms with E-state index in [1.807, 2.05) is 31.2 Å². The summed E-state index contributed by atoms with van der Waals surface area (Å²) in [4.78, 5) is 28.9. The van der Waals surface area contributed by atoms with Crippen LogP contribution in [-0.4, -0.2) is 61.3 Å². The Hall–Kier alpha value is -2.87. The molecule has 0 atom stereocenters. The number of amides is 2. The average molecular weight is 386 g/mol. The lowest BCUT2D eigenvalue weighted by Gasteiger charge is -2.29. The van der Waals surface area contributed by atoms with Gasteiger partial charge < -0.3 is 24.4 Å². The molecule has 2 amide bonds. The Balaban J connectivity index is 1.60. The van der Waals surface area contributed by atoms with Crippen molar-refractivity contribution in [2.24, 2.45) is 0 Å². The lowest BCUT2D eigenvalue weighted by atomic mass is 10.1. The van der Waals surface area contributed by atoms with Gasteiger partial charge in [0.15, 0.2) is 0 Å². The first-order chi connectivity index (χ1) is 13.5. The van der Waals surface area contributed by atoms with Crippen molar-refractivity contribution in [2.75, 3.05) is 49.6 Å². The van der Waals surface area contributed by atoms with Crippen LogP contribution in [0, 0.1) is 13.8 Å². The average Bonchev–Trinajstić information content (AvgIpc) is 3.05. The zero-order valence-electron chi connectivity index (χ0n) is 16.5. The highest BCUT2D eigenvalue weighted by atomic mass is 16.5. The fourth-order valence-electron chi connectivity index (χ4n) is 3.22. The molecular weight excluding hydrogens is 360 g/mol. The number of aromatic nitrogens is 1. The summed E-state index contributed by atoms with van der Waals surface area (Å²) in [6.07, 6.45) is 0. The number of rotatable bonds is 6. The molecule has 0 bridgehead atoms. The number of aryl methyl sites for hydroxylation is 2. The number of carbonyl (C=O) groups is 2. The van der Waals surface area contributed by atoms with Gasteiger partial charge in [0.1, 0.15) is 17.9 Å². The van der Waals surface area contributed by atoms with Crippen molar-refractivity contribution >= 4 is 23.2 Å². The van der Waals surface area contributed by atoms with Crippen LogP contribution in [0.4, 0.5) is 11.4 Å². The summed E-state index contributed by atoms with van der Waals surface area (Å²) in [7, 11) is 0. The number of ether oxygens (including phenoxy) is 1. The van der Waals surface area contributed by atoms with E-state index < -0.39 is 0 Å². The maximum Gasteiger partial charge on any atom is 0.259 e. The fourth-order valence-corrected chi connectivity index (χ4v) is 3.22. The van der Waals surface area contributed by atoms with Crippen molar-refractivity contribution in [3.05, 3.63) is 41.3 Å². The molecule has 2 heterocycles. The minimum absolute atomic E-state index is 0.0371. The molecule has 150 valence electrons. The molecule has 2 aromatic rings. The first-order valence-corrected chi connectivity index (χ1v) is 9.44. The van der Waals surface area contributed by atoms with Gasteiger partial charge in [-0.25, -0.2) is 0 Å². The van der Waals surface area contributed by atoms with E-state index in [1.165, 1.54) is 4.90 Å². The zero-order chi connectivity index (χ0) is 20.1. The van der Waals surface area contributed by atoms with Crippen LogP contribution in [0.5, 0.6) is 0 Å². The lowest BCUT2D eigenvalue weighted by Crippen LogP contribution is -2.38. The van der Waals surface area contributed by atoms with Crippen LogP contribution < -0.4 is 10.2 Å². The number of hydrogen-bond acceptors (Lipinski definition) is 6. The first-order valence-electron chi connectivity index (χ1n) is 9.44.